The van der Waals surface area contributed by atoms with Crippen molar-refractivity contribution in [2.75, 3.05) is 10.6 Å². The second kappa shape index (κ2) is 10.7. The number of benzene rings is 3. The Morgan fingerprint density at radius 3 is 2.32 bits per heavy atom. The molecule has 2 N–H and O–H groups in total. The Bertz CT molecular complexity index is 1210. The molecule has 1 aliphatic rings. The lowest BCUT2D eigenvalue weighted by Crippen LogP contribution is -2.12. The van der Waals surface area contributed by atoms with Gasteiger partial charge in [-0.05, 0) is 60.7 Å². The molecule has 1 saturated carbocycles. The SMILES string of the molecule is O=C(Nc1ccc(C2CCCCC2)cc1)c1ccc(-c2csc(CNc3ccccc3)n2)cc1. The van der Waals surface area contributed by atoms with Crippen LogP contribution in [0.5, 0.6) is 0 Å². The first-order valence-electron chi connectivity index (χ1n) is 12.0. The van der Waals surface area contributed by atoms with Crippen molar-refractivity contribution in [2.24, 2.45) is 0 Å². The lowest BCUT2D eigenvalue weighted by molar-refractivity contribution is 0.102. The van der Waals surface area contributed by atoms with Gasteiger partial charge < -0.3 is 10.6 Å². The monoisotopic (exact) mass is 467 g/mol. The topological polar surface area (TPSA) is 54.0 Å². The third-order valence-corrected chi connectivity index (χ3v) is 7.31. The first kappa shape index (κ1) is 22.4. The molecule has 0 atom stereocenters. The molecule has 0 unspecified atom stereocenters. The van der Waals surface area contributed by atoms with Crippen molar-refractivity contribution in [3.63, 3.8) is 0 Å². The summed E-state index contributed by atoms with van der Waals surface area (Å²) in [6.07, 6.45) is 6.57. The number of anilines is 2. The minimum absolute atomic E-state index is 0.0944. The van der Waals surface area contributed by atoms with Crippen LogP contribution >= 0.6 is 11.3 Å². The highest BCUT2D eigenvalue weighted by Crippen LogP contribution is 2.33. The van der Waals surface area contributed by atoms with Gasteiger partial charge in [0.2, 0.25) is 0 Å². The average molecular weight is 468 g/mol. The first-order valence-corrected chi connectivity index (χ1v) is 12.9. The summed E-state index contributed by atoms with van der Waals surface area (Å²) in [6, 6.07) is 26.2. The molecule has 0 radical (unpaired) electrons. The molecule has 1 heterocycles. The predicted molar refractivity (Wildman–Crippen MR) is 142 cm³/mol. The Morgan fingerprint density at radius 1 is 0.853 bits per heavy atom. The number of hydrogen-bond acceptors (Lipinski definition) is 4. The molecule has 1 fully saturated rings. The summed E-state index contributed by atoms with van der Waals surface area (Å²) in [4.78, 5) is 17.5. The van der Waals surface area contributed by atoms with Gasteiger partial charge in [0.05, 0.1) is 12.2 Å². The van der Waals surface area contributed by atoms with E-state index in [9.17, 15) is 4.79 Å². The van der Waals surface area contributed by atoms with Crippen molar-refractivity contribution in [2.45, 2.75) is 44.6 Å². The van der Waals surface area contributed by atoms with Gasteiger partial charge in [0, 0.05) is 27.9 Å². The van der Waals surface area contributed by atoms with Gasteiger partial charge in [0.1, 0.15) is 5.01 Å². The van der Waals surface area contributed by atoms with Gasteiger partial charge in [0.15, 0.2) is 0 Å². The zero-order valence-electron chi connectivity index (χ0n) is 19.2. The summed E-state index contributed by atoms with van der Waals surface area (Å²) >= 11 is 1.63. The molecule has 4 aromatic rings. The highest BCUT2D eigenvalue weighted by molar-refractivity contribution is 7.10. The summed E-state index contributed by atoms with van der Waals surface area (Å²) in [5, 5.41) is 9.50. The number of hydrogen-bond donors (Lipinski definition) is 2. The zero-order chi connectivity index (χ0) is 23.2. The molecule has 3 aromatic carbocycles. The normalized spacial score (nSPS) is 14.0. The van der Waals surface area contributed by atoms with Crippen molar-refractivity contribution >= 4 is 28.6 Å². The van der Waals surface area contributed by atoms with Crippen LogP contribution in [0.3, 0.4) is 0 Å². The fraction of sp³-hybridized carbons (Fsp3) is 0.241. The van der Waals surface area contributed by atoms with Crippen molar-refractivity contribution in [3.8, 4) is 11.3 Å². The number of nitrogens with one attached hydrogen (secondary N) is 2. The molecule has 0 bridgehead atoms. The van der Waals surface area contributed by atoms with Crippen LogP contribution in [0.4, 0.5) is 11.4 Å². The maximum absolute atomic E-state index is 12.7. The molecule has 1 aliphatic carbocycles. The van der Waals surface area contributed by atoms with Gasteiger partial charge >= 0.3 is 0 Å². The number of rotatable bonds is 7. The molecule has 172 valence electrons. The Kier molecular flexibility index (Phi) is 7.01. The van der Waals surface area contributed by atoms with E-state index in [1.54, 1.807) is 11.3 Å². The van der Waals surface area contributed by atoms with Crippen LogP contribution in [0.15, 0.2) is 84.2 Å². The third kappa shape index (κ3) is 5.54. The quantitative estimate of drug-likeness (QED) is 0.292. The molecule has 4 nitrogen and oxygen atoms in total. The first-order chi connectivity index (χ1) is 16.7. The van der Waals surface area contributed by atoms with Crippen molar-refractivity contribution in [1.29, 1.82) is 0 Å². The molecule has 1 amide bonds. The third-order valence-electron chi connectivity index (χ3n) is 6.46. The van der Waals surface area contributed by atoms with Crippen molar-refractivity contribution in [3.05, 3.63) is 100 Å². The summed E-state index contributed by atoms with van der Waals surface area (Å²) < 4.78 is 0. The highest BCUT2D eigenvalue weighted by atomic mass is 32.1. The largest absolute Gasteiger partial charge is 0.379 e. The van der Waals surface area contributed by atoms with Crippen LogP contribution in [0.1, 0.15) is 59.0 Å². The molecular formula is C29H29N3OS. The van der Waals surface area contributed by atoms with Gasteiger partial charge in [-0.1, -0.05) is 61.7 Å². The molecule has 5 heteroatoms. The molecule has 0 aliphatic heterocycles. The van der Waals surface area contributed by atoms with E-state index in [1.807, 2.05) is 66.7 Å². The Morgan fingerprint density at radius 2 is 1.59 bits per heavy atom. The number of thiazole rings is 1. The lowest BCUT2D eigenvalue weighted by Gasteiger charge is -2.22. The fourth-order valence-corrected chi connectivity index (χ4v) is 5.27. The van der Waals surface area contributed by atoms with Crippen molar-refractivity contribution in [1.82, 2.24) is 4.98 Å². The summed E-state index contributed by atoms with van der Waals surface area (Å²) in [6.45, 7) is 0.689. The van der Waals surface area contributed by atoms with E-state index >= 15 is 0 Å². The Balaban J connectivity index is 1.18. The van der Waals surface area contributed by atoms with Crippen LogP contribution in [-0.4, -0.2) is 10.9 Å². The minimum atomic E-state index is -0.0944. The zero-order valence-corrected chi connectivity index (χ0v) is 20.0. The van der Waals surface area contributed by atoms with E-state index in [2.05, 4.69) is 28.1 Å². The van der Waals surface area contributed by atoms with E-state index in [1.165, 1.54) is 37.7 Å². The standard InChI is InChI=1S/C29H29N3OS/c33-29(31-26-17-15-22(16-18-26)21-7-3-1-4-8-21)24-13-11-23(12-14-24)27-20-34-28(32-27)19-30-25-9-5-2-6-10-25/h2,5-6,9-18,20-21,30H,1,3-4,7-8,19H2,(H,31,33). The predicted octanol–water partition coefficient (Wildman–Crippen LogP) is 7.72. The maximum atomic E-state index is 12.7. The molecule has 34 heavy (non-hydrogen) atoms. The summed E-state index contributed by atoms with van der Waals surface area (Å²) in [5.41, 5.74) is 5.89. The van der Waals surface area contributed by atoms with E-state index < -0.39 is 0 Å². The van der Waals surface area contributed by atoms with Crippen LogP contribution in [0.25, 0.3) is 11.3 Å². The highest BCUT2D eigenvalue weighted by Gasteiger charge is 2.15. The number of aromatic nitrogens is 1. The Labute approximate surface area is 205 Å². The van der Waals surface area contributed by atoms with E-state index in [-0.39, 0.29) is 5.91 Å². The number of amides is 1. The molecule has 1 aromatic heterocycles. The van der Waals surface area contributed by atoms with Gasteiger partial charge in [-0.2, -0.15) is 0 Å². The molecule has 0 spiro atoms. The summed E-state index contributed by atoms with van der Waals surface area (Å²) in [7, 11) is 0. The average Bonchev–Trinajstić information content (AvgIpc) is 3.38. The second-order valence-electron chi connectivity index (χ2n) is 8.83. The Hall–Kier alpha value is -3.44. The fourth-order valence-electron chi connectivity index (χ4n) is 4.53. The van der Waals surface area contributed by atoms with Crippen LogP contribution in [0.2, 0.25) is 0 Å². The van der Waals surface area contributed by atoms with Gasteiger partial charge in [0.25, 0.3) is 5.91 Å². The molecule has 0 saturated heterocycles. The number of carbonyl (C=O) groups is 1. The van der Waals surface area contributed by atoms with Crippen molar-refractivity contribution < 1.29 is 4.79 Å². The molecule has 5 rings (SSSR count). The number of nitrogens with zero attached hydrogens (tertiary/aromatic N) is 1. The lowest BCUT2D eigenvalue weighted by atomic mass is 9.84. The summed E-state index contributed by atoms with van der Waals surface area (Å²) in [5.74, 6) is 0.578. The van der Waals surface area contributed by atoms with Gasteiger partial charge in [-0.25, -0.2) is 4.98 Å². The minimum Gasteiger partial charge on any atom is -0.379 e. The molecular weight excluding hydrogens is 438 g/mol. The van der Waals surface area contributed by atoms with Gasteiger partial charge in [-0.15, -0.1) is 11.3 Å². The second-order valence-corrected chi connectivity index (χ2v) is 9.78. The van der Waals surface area contributed by atoms with E-state index in [0.29, 0.717) is 18.0 Å². The van der Waals surface area contributed by atoms with Gasteiger partial charge in [-0.3, -0.25) is 4.79 Å². The van der Waals surface area contributed by atoms with Crippen LogP contribution < -0.4 is 10.6 Å². The van der Waals surface area contributed by atoms with Crippen LogP contribution in [0, 0.1) is 0 Å². The van der Waals surface area contributed by atoms with E-state index in [0.717, 1.165) is 27.6 Å². The van der Waals surface area contributed by atoms with E-state index in [4.69, 9.17) is 4.98 Å². The smallest absolute Gasteiger partial charge is 0.255 e. The maximum Gasteiger partial charge on any atom is 0.255 e. The van der Waals surface area contributed by atoms with Crippen LogP contribution in [-0.2, 0) is 6.54 Å². The number of para-hydroxylation sites is 1. The number of carbonyl (C=O) groups excluding carboxylic acids is 1.